The van der Waals surface area contributed by atoms with Crippen molar-refractivity contribution in [3.8, 4) is 0 Å². The lowest BCUT2D eigenvalue weighted by Crippen LogP contribution is -2.36. The molecule has 1 amide bonds. The van der Waals surface area contributed by atoms with Gasteiger partial charge in [0.1, 0.15) is 5.60 Å². The van der Waals surface area contributed by atoms with Crippen LogP contribution < -0.4 is 10.6 Å². The van der Waals surface area contributed by atoms with Gasteiger partial charge < -0.3 is 20.5 Å². The van der Waals surface area contributed by atoms with Crippen LogP contribution in [0.5, 0.6) is 0 Å². The molecule has 3 N–H and O–H groups in total. The van der Waals surface area contributed by atoms with Crippen LogP contribution >= 0.6 is 0 Å². The van der Waals surface area contributed by atoms with E-state index in [2.05, 4.69) is 10.6 Å². The maximum absolute atomic E-state index is 11.2. The Balaban J connectivity index is 3.72. The number of carbonyl (C=O) groups is 2. The zero-order valence-electron chi connectivity index (χ0n) is 10.7. The average Bonchev–Trinajstić information content (AvgIpc) is 2.08. The Hall–Kier alpha value is -1.72. The average molecular weight is 244 g/mol. The molecule has 0 aromatic heterocycles. The van der Waals surface area contributed by atoms with Gasteiger partial charge in [-0.15, -0.1) is 0 Å². The highest BCUT2D eigenvalue weighted by Gasteiger charge is 2.15. The predicted molar refractivity (Wildman–Crippen MR) is 63.6 cm³/mol. The van der Waals surface area contributed by atoms with Gasteiger partial charge in [0.2, 0.25) is 0 Å². The summed E-state index contributed by atoms with van der Waals surface area (Å²) in [4.78, 5) is 21.5. The van der Waals surface area contributed by atoms with Gasteiger partial charge in [0, 0.05) is 24.9 Å². The Bertz CT molecular complexity index is 305. The number of alkyl carbamates (subject to hydrolysis) is 1. The molecule has 0 fully saturated rings. The SMILES string of the molecule is CC(=CC(=O)O)NCCNC(=O)OC(C)(C)C. The third-order valence-electron chi connectivity index (χ3n) is 1.54. The molecule has 0 aliphatic carbocycles. The largest absolute Gasteiger partial charge is 0.478 e. The second kappa shape index (κ2) is 6.78. The summed E-state index contributed by atoms with van der Waals surface area (Å²) in [5.74, 6) is -1.00. The molecule has 0 radical (unpaired) electrons. The van der Waals surface area contributed by atoms with E-state index in [1.807, 2.05) is 0 Å². The molecule has 98 valence electrons. The number of hydrogen-bond donors (Lipinski definition) is 3. The molecule has 0 heterocycles. The van der Waals surface area contributed by atoms with Crippen molar-refractivity contribution < 1.29 is 19.4 Å². The molecule has 0 rings (SSSR count). The number of aliphatic carboxylic acids is 1. The summed E-state index contributed by atoms with van der Waals surface area (Å²) in [5.41, 5.74) is 0.0138. The fraction of sp³-hybridized carbons (Fsp3) is 0.636. The van der Waals surface area contributed by atoms with Crippen molar-refractivity contribution in [2.75, 3.05) is 13.1 Å². The topological polar surface area (TPSA) is 87.7 Å². The number of nitrogens with one attached hydrogen (secondary N) is 2. The van der Waals surface area contributed by atoms with Crippen LogP contribution in [0.15, 0.2) is 11.8 Å². The van der Waals surface area contributed by atoms with Crippen LogP contribution in [0.1, 0.15) is 27.7 Å². The first-order chi connectivity index (χ1) is 7.70. The summed E-state index contributed by atoms with van der Waals surface area (Å²) in [7, 11) is 0. The summed E-state index contributed by atoms with van der Waals surface area (Å²) < 4.78 is 5.02. The molecular formula is C11H20N2O4. The van der Waals surface area contributed by atoms with Crippen molar-refractivity contribution in [2.24, 2.45) is 0 Å². The highest BCUT2D eigenvalue weighted by molar-refractivity contribution is 5.80. The lowest BCUT2D eigenvalue weighted by Gasteiger charge is -2.19. The number of carboxylic acids is 1. The van der Waals surface area contributed by atoms with Gasteiger partial charge in [-0.2, -0.15) is 0 Å². The summed E-state index contributed by atoms with van der Waals surface area (Å²) >= 11 is 0. The zero-order chi connectivity index (χ0) is 13.5. The quantitative estimate of drug-likeness (QED) is 0.497. The molecule has 0 atom stereocenters. The summed E-state index contributed by atoms with van der Waals surface area (Å²) in [6, 6.07) is 0. The lowest BCUT2D eigenvalue weighted by atomic mass is 10.2. The first kappa shape index (κ1) is 15.3. The van der Waals surface area contributed by atoms with Crippen molar-refractivity contribution in [2.45, 2.75) is 33.3 Å². The summed E-state index contributed by atoms with van der Waals surface area (Å²) in [5, 5.41) is 13.8. The van der Waals surface area contributed by atoms with Gasteiger partial charge in [0.15, 0.2) is 0 Å². The first-order valence-corrected chi connectivity index (χ1v) is 5.32. The third kappa shape index (κ3) is 10.6. The molecule has 0 saturated carbocycles. The van der Waals surface area contributed by atoms with Crippen LogP contribution in [0.3, 0.4) is 0 Å². The molecule has 0 aromatic rings. The van der Waals surface area contributed by atoms with E-state index in [1.165, 1.54) is 0 Å². The van der Waals surface area contributed by atoms with E-state index >= 15 is 0 Å². The van der Waals surface area contributed by atoms with Gasteiger partial charge in [-0.05, 0) is 27.7 Å². The molecule has 6 heteroatoms. The third-order valence-corrected chi connectivity index (χ3v) is 1.54. The van der Waals surface area contributed by atoms with E-state index in [0.717, 1.165) is 6.08 Å². The normalized spacial score (nSPS) is 11.9. The summed E-state index contributed by atoms with van der Waals surface area (Å²) in [6.07, 6.45) is 0.576. The van der Waals surface area contributed by atoms with Gasteiger partial charge in [-0.25, -0.2) is 9.59 Å². The number of amides is 1. The van der Waals surface area contributed by atoms with Gasteiger partial charge in [-0.3, -0.25) is 0 Å². The molecule has 0 aliphatic heterocycles. The van der Waals surface area contributed by atoms with E-state index in [-0.39, 0.29) is 0 Å². The maximum atomic E-state index is 11.2. The van der Waals surface area contributed by atoms with Gasteiger partial charge >= 0.3 is 12.1 Å². The van der Waals surface area contributed by atoms with E-state index in [1.54, 1.807) is 27.7 Å². The minimum atomic E-state index is -1.00. The van der Waals surface area contributed by atoms with Crippen LogP contribution in [-0.2, 0) is 9.53 Å². The highest BCUT2D eigenvalue weighted by Crippen LogP contribution is 2.05. The standard InChI is InChI=1S/C11H20N2O4/c1-8(7-9(14)15)12-5-6-13-10(16)17-11(2,3)4/h7,12H,5-6H2,1-4H3,(H,13,16)(H,14,15). The molecule has 0 aliphatic rings. The van der Waals surface area contributed by atoms with Crippen LogP contribution in [-0.4, -0.2) is 35.9 Å². The molecular weight excluding hydrogens is 224 g/mol. The van der Waals surface area contributed by atoms with Crippen molar-refractivity contribution in [3.63, 3.8) is 0 Å². The van der Waals surface area contributed by atoms with Gasteiger partial charge in [0.05, 0.1) is 0 Å². The number of rotatable bonds is 5. The molecule has 0 spiro atoms. The Morgan fingerprint density at radius 1 is 1.24 bits per heavy atom. The molecule has 0 saturated heterocycles. The van der Waals surface area contributed by atoms with Crippen LogP contribution in [0, 0.1) is 0 Å². The first-order valence-electron chi connectivity index (χ1n) is 5.32. The fourth-order valence-corrected chi connectivity index (χ4v) is 0.975. The molecule has 0 bridgehead atoms. The fourth-order valence-electron chi connectivity index (χ4n) is 0.975. The molecule has 6 nitrogen and oxygen atoms in total. The highest BCUT2D eigenvalue weighted by atomic mass is 16.6. The van der Waals surface area contributed by atoms with E-state index in [0.29, 0.717) is 18.8 Å². The number of carboxylic acid groups (broad SMARTS) is 1. The minimum absolute atomic E-state index is 0.361. The number of allylic oxidation sites excluding steroid dienone is 1. The predicted octanol–water partition coefficient (Wildman–Crippen LogP) is 1.09. The molecule has 0 unspecified atom stereocenters. The van der Waals surface area contributed by atoms with Gasteiger partial charge in [0.25, 0.3) is 0 Å². The van der Waals surface area contributed by atoms with Gasteiger partial charge in [-0.1, -0.05) is 0 Å². The summed E-state index contributed by atoms with van der Waals surface area (Å²) in [6.45, 7) is 7.79. The van der Waals surface area contributed by atoms with Crippen molar-refractivity contribution in [3.05, 3.63) is 11.8 Å². The maximum Gasteiger partial charge on any atom is 0.407 e. The van der Waals surface area contributed by atoms with E-state index < -0.39 is 17.7 Å². The Labute approximate surface area is 101 Å². The molecule has 17 heavy (non-hydrogen) atoms. The van der Waals surface area contributed by atoms with Crippen molar-refractivity contribution in [1.29, 1.82) is 0 Å². The van der Waals surface area contributed by atoms with Crippen molar-refractivity contribution >= 4 is 12.1 Å². The number of hydrogen-bond acceptors (Lipinski definition) is 4. The lowest BCUT2D eigenvalue weighted by molar-refractivity contribution is -0.131. The molecule has 0 aromatic carbocycles. The van der Waals surface area contributed by atoms with E-state index in [9.17, 15) is 9.59 Å². The zero-order valence-corrected chi connectivity index (χ0v) is 10.7. The Morgan fingerprint density at radius 2 is 1.76 bits per heavy atom. The second-order valence-electron chi connectivity index (χ2n) is 4.52. The second-order valence-corrected chi connectivity index (χ2v) is 4.52. The van der Waals surface area contributed by atoms with Crippen LogP contribution in [0.4, 0.5) is 4.79 Å². The van der Waals surface area contributed by atoms with Crippen LogP contribution in [0.2, 0.25) is 0 Å². The minimum Gasteiger partial charge on any atom is -0.478 e. The Morgan fingerprint density at radius 3 is 2.24 bits per heavy atom. The number of ether oxygens (including phenoxy) is 1. The smallest absolute Gasteiger partial charge is 0.407 e. The number of carbonyl (C=O) groups excluding carboxylic acids is 1. The van der Waals surface area contributed by atoms with E-state index in [4.69, 9.17) is 9.84 Å². The van der Waals surface area contributed by atoms with Crippen LogP contribution in [0.25, 0.3) is 0 Å². The van der Waals surface area contributed by atoms with Crippen molar-refractivity contribution in [1.82, 2.24) is 10.6 Å². The monoisotopic (exact) mass is 244 g/mol. The Kier molecular flexibility index (Phi) is 6.09.